The molecule has 30 heavy (non-hydrogen) atoms. The van der Waals surface area contributed by atoms with E-state index in [1.807, 2.05) is 0 Å². The minimum Gasteiger partial charge on any atom is -0.351 e. The van der Waals surface area contributed by atoms with Gasteiger partial charge in [-0.1, -0.05) is 49.6 Å². The standard InChI is InChI=1S/C23H25ClF2N2O2/c24-14-21(29)28(15-16-10-12-17(25)13-11-16)22(19-8-4-5-9-20(19)26)23(30)27-18-6-2-1-3-7-18/h4-5,8-13,18,22H,1-3,6-7,14-15H2,(H,27,30)/t22-/m0/s1. The molecule has 4 nitrogen and oxygen atoms in total. The fraction of sp³-hybridized carbons (Fsp3) is 0.391. The number of halogens is 3. The van der Waals surface area contributed by atoms with Crippen molar-refractivity contribution in [3.05, 3.63) is 71.3 Å². The minimum atomic E-state index is -1.18. The molecule has 1 saturated carbocycles. The van der Waals surface area contributed by atoms with E-state index in [1.54, 1.807) is 6.07 Å². The van der Waals surface area contributed by atoms with Crippen molar-refractivity contribution in [2.45, 2.75) is 50.7 Å². The van der Waals surface area contributed by atoms with Gasteiger partial charge in [0, 0.05) is 18.2 Å². The van der Waals surface area contributed by atoms with Crippen LogP contribution in [0.2, 0.25) is 0 Å². The topological polar surface area (TPSA) is 49.4 Å². The molecular formula is C23H25ClF2N2O2. The van der Waals surface area contributed by atoms with Crippen molar-refractivity contribution >= 4 is 23.4 Å². The van der Waals surface area contributed by atoms with Crippen molar-refractivity contribution in [3.63, 3.8) is 0 Å². The monoisotopic (exact) mass is 434 g/mol. The van der Waals surface area contributed by atoms with E-state index in [1.165, 1.54) is 47.4 Å². The van der Waals surface area contributed by atoms with E-state index in [-0.39, 0.29) is 24.0 Å². The number of amides is 2. The Bertz CT molecular complexity index is 870. The highest BCUT2D eigenvalue weighted by Crippen LogP contribution is 2.28. The van der Waals surface area contributed by atoms with Gasteiger partial charge < -0.3 is 10.2 Å². The lowest BCUT2D eigenvalue weighted by Gasteiger charge is -2.33. The third-order valence-electron chi connectivity index (χ3n) is 5.41. The Hall–Kier alpha value is -2.47. The molecule has 2 amide bonds. The van der Waals surface area contributed by atoms with Crippen molar-refractivity contribution in [2.75, 3.05) is 5.88 Å². The molecule has 0 heterocycles. The summed E-state index contributed by atoms with van der Waals surface area (Å²) < 4.78 is 28.0. The quantitative estimate of drug-likeness (QED) is 0.641. The number of nitrogens with one attached hydrogen (secondary N) is 1. The Labute approximate surface area is 180 Å². The molecule has 3 rings (SSSR count). The summed E-state index contributed by atoms with van der Waals surface area (Å²) in [6.07, 6.45) is 4.89. The van der Waals surface area contributed by atoms with Gasteiger partial charge in [0.25, 0.3) is 0 Å². The van der Waals surface area contributed by atoms with Crippen LogP contribution in [0.25, 0.3) is 0 Å². The number of alkyl halides is 1. The van der Waals surface area contributed by atoms with Crippen LogP contribution >= 0.6 is 11.6 Å². The Kier molecular flexibility index (Phi) is 7.80. The average molecular weight is 435 g/mol. The van der Waals surface area contributed by atoms with Gasteiger partial charge in [0.2, 0.25) is 11.8 Å². The van der Waals surface area contributed by atoms with Crippen LogP contribution in [0, 0.1) is 11.6 Å². The van der Waals surface area contributed by atoms with Crippen LogP contribution in [0.1, 0.15) is 49.3 Å². The average Bonchev–Trinajstić information content (AvgIpc) is 2.76. The number of rotatable bonds is 7. The molecule has 160 valence electrons. The van der Waals surface area contributed by atoms with Gasteiger partial charge in [-0.15, -0.1) is 11.6 Å². The molecule has 0 bridgehead atoms. The third kappa shape index (κ3) is 5.57. The molecule has 0 unspecified atom stereocenters. The van der Waals surface area contributed by atoms with Crippen molar-refractivity contribution < 1.29 is 18.4 Å². The molecule has 0 spiro atoms. The van der Waals surface area contributed by atoms with Gasteiger partial charge in [0.05, 0.1) is 0 Å². The predicted molar refractivity (Wildman–Crippen MR) is 112 cm³/mol. The maximum atomic E-state index is 14.7. The van der Waals surface area contributed by atoms with Crippen LogP contribution in [0.5, 0.6) is 0 Å². The number of carbonyl (C=O) groups excluding carboxylic acids is 2. The van der Waals surface area contributed by atoms with Crippen molar-refractivity contribution in [2.24, 2.45) is 0 Å². The lowest BCUT2D eigenvalue weighted by molar-refractivity contribution is -0.140. The zero-order chi connectivity index (χ0) is 21.5. The van der Waals surface area contributed by atoms with Crippen LogP contribution in [-0.4, -0.2) is 28.6 Å². The van der Waals surface area contributed by atoms with Crippen molar-refractivity contribution in [1.29, 1.82) is 0 Å². The molecule has 0 aromatic heterocycles. The Balaban J connectivity index is 1.95. The summed E-state index contributed by atoms with van der Waals surface area (Å²) in [6, 6.07) is 10.4. The molecule has 0 aliphatic heterocycles. The van der Waals surface area contributed by atoms with Gasteiger partial charge in [0.1, 0.15) is 23.6 Å². The van der Waals surface area contributed by atoms with E-state index in [0.717, 1.165) is 32.1 Å². The second kappa shape index (κ2) is 10.5. The maximum Gasteiger partial charge on any atom is 0.247 e. The largest absolute Gasteiger partial charge is 0.351 e. The highest BCUT2D eigenvalue weighted by atomic mass is 35.5. The first-order valence-corrected chi connectivity index (χ1v) is 10.7. The second-order valence-electron chi connectivity index (χ2n) is 7.55. The van der Waals surface area contributed by atoms with E-state index < -0.39 is 29.5 Å². The van der Waals surface area contributed by atoms with Crippen LogP contribution in [-0.2, 0) is 16.1 Å². The summed E-state index contributed by atoms with van der Waals surface area (Å²) in [5.41, 5.74) is 0.716. The van der Waals surface area contributed by atoms with Crippen LogP contribution < -0.4 is 5.32 Å². The van der Waals surface area contributed by atoms with Crippen molar-refractivity contribution in [3.8, 4) is 0 Å². The van der Waals surface area contributed by atoms with E-state index in [9.17, 15) is 18.4 Å². The zero-order valence-electron chi connectivity index (χ0n) is 16.6. The van der Waals surface area contributed by atoms with Gasteiger partial charge >= 0.3 is 0 Å². The molecule has 2 aromatic carbocycles. The normalized spacial score (nSPS) is 15.4. The predicted octanol–water partition coefficient (Wildman–Crippen LogP) is 4.72. The number of hydrogen-bond acceptors (Lipinski definition) is 2. The highest BCUT2D eigenvalue weighted by molar-refractivity contribution is 6.27. The first kappa shape index (κ1) is 22.2. The fourth-order valence-corrected chi connectivity index (χ4v) is 4.01. The van der Waals surface area contributed by atoms with Crippen LogP contribution in [0.15, 0.2) is 48.5 Å². The molecular weight excluding hydrogens is 410 g/mol. The molecule has 1 aliphatic carbocycles. The third-order valence-corrected chi connectivity index (χ3v) is 5.64. The summed E-state index contributed by atoms with van der Waals surface area (Å²) in [6.45, 7) is 0.00290. The Morgan fingerprint density at radius 2 is 1.70 bits per heavy atom. The number of benzene rings is 2. The van der Waals surface area contributed by atoms with Crippen LogP contribution in [0.4, 0.5) is 8.78 Å². The lowest BCUT2D eigenvalue weighted by Crippen LogP contribution is -2.47. The molecule has 1 N–H and O–H groups in total. The summed E-state index contributed by atoms with van der Waals surface area (Å²) >= 11 is 5.83. The maximum absolute atomic E-state index is 14.7. The molecule has 7 heteroatoms. The van der Waals surface area contributed by atoms with E-state index in [0.29, 0.717) is 5.56 Å². The summed E-state index contributed by atoms with van der Waals surface area (Å²) in [4.78, 5) is 27.3. The second-order valence-corrected chi connectivity index (χ2v) is 7.82. The molecule has 0 saturated heterocycles. The number of nitrogens with zero attached hydrogens (tertiary/aromatic N) is 1. The van der Waals surface area contributed by atoms with E-state index >= 15 is 0 Å². The molecule has 0 radical (unpaired) electrons. The van der Waals surface area contributed by atoms with Gasteiger partial charge in [-0.3, -0.25) is 9.59 Å². The van der Waals surface area contributed by atoms with Gasteiger partial charge in [-0.05, 0) is 36.6 Å². The first-order valence-electron chi connectivity index (χ1n) is 10.1. The lowest BCUT2D eigenvalue weighted by atomic mass is 9.94. The minimum absolute atomic E-state index is 0.000650. The molecule has 1 aliphatic rings. The molecule has 1 fully saturated rings. The van der Waals surface area contributed by atoms with Gasteiger partial charge in [0.15, 0.2) is 0 Å². The van der Waals surface area contributed by atoms with Crippen molar-refractivity contribution in [1.82, 2.24) is 10.2 Å². The fourth-order valence-electron chi connectivity index (χ4n) is 3.86. The SMILES string of the molecule is O=C(NC1CCCCC1)[C@H](c1ccccc1F)N(Cc1ccc(F)cc1)C(=O)CCl. The van der Waals surface area contributed by atoms with Crippen LogP contribution in [0.3, 0.4) is 0 Å². The van der Waals surface area contributed by atoms with Gasteiger partial charge in [-0.2, -0.15) is 0 Å². The molecule has 2 aromatic rings. The number of hydrogen-bond donors (Lipinski definition) is 1. The summed E-state index contributed by atoms with van der Waals surface area (Å²) in [5, 5.41) is 3.00. The molecule has 1 atom stereocenters. The Morgan fingerprint density at radius 1 is 1.03 bits per heavy atom. The van der Waals surface area contributed by atoms with Gasteiger partial charge in [-0.25, -0.2) is 8.78 Å². The zero-order valence-corrected chi connectivity index (χ0v) is 17.4. The first-order chi connectivity index (χ1) is 14.5. The summed E-state index contributed by atoms with van der Waals surface area (Å²) in [5.74, 6) is -2.29. The van der Waals surface area contributed by atoms with E-state index in [4.69, 9.17) is 11.6 Å². The Morgan fingerprint density at radius 3 is 2.33 bits per heavy atom. The van der Waals surface area contributed by atoms with E-state index in [2.05, 4.69) is 5.32 Å². The summed E-state index contributed by atoms with van der Waals surface area (Å²) in [7, 11) is 0. The smallest absolute Gasteiger partial charge is 0.247 e. The number of carbonyl (C=O) groups is 2. The highest BCUT2D eigenvalue weighted by Gasteiger charge is 2.34.